The Bertz CT molecular complexity index is 629. The number of likely N-dealkylation sites (N-methyl/N-ethyl adjacent to an activating group) is 1. The first-order valence-electron chi connectivity index (χ1n) is 10.2. The van der Waals surface area contributed by atoms with Crippen LogP contribution in [0.2, 0.25) is 0 Å². The highest BCUT2D eigenvalue weighted by atomic mass is 19.1. The van der Waals surface area contributed by atoms with Crippen molar-refractivity contribution in [2.24, 2.45) is 4.99 Å². The molecule has 1 saturated heterocycles. The van der Waals surface area contributed by atoms with Gasteiger partial charge in [-0.05, 0) is 64.0 Å². The maximum absolute atomic E-state index is 14.1. The summed E-state index contributed by atoms with van der Waals surface area (Å²) in [6.07, 6.45) is 4.41. The number of rotatable bonds is 7. The summed E-state index contributed by atoms with van der Waals surface area (Å²) in [5.74, 6) is 0.719. The molecule has 1 aliphatic carbocycles. The first-order valence-corrected chi connectivity index (χ1v) is 10.2. The highest BCUT2D eigenvalue weighted by Crippen LogP contribution is 2.48. The van der Waals surface area contributed by atoms with Gasteiger partial charge >= 0.3 is 0 Å². The predicted molar refractivity (Wildman–Crippen MR) is 110 cm³/mol. The van der Waals surface area contributed by atoms with Crippen LogP contribution in [0.1, 0.15) is 31.2 Å². The van der Waals surface area contributed by atoms with E-state index in [0.717, 1.165) is 63.5 Å². The van der Waals surface area contributed by atoms with Crippen molar-refractivity contribution in [3.8, 4) is 0 Å². The molecular weight excluding hydrogens is 341 g/mol. The van der Waals surface area contributed by atoms with Gasteiger partial charge in [0, 0.05) is 38.6 Å². The SMILES string of the molecule is CN=C(NCCCN1CCCN(C)CC1)NCC1(c2ccccc2F)CC1. The number of hydrogen-bond donors (Lipinski definition) is 2. The molecule has 0 unspecified atom stereocenters. The van der Waals surface area contributed by atoms with Crippen molar-refractivity contribution in [2.75, 3.05) is 59.9 Å². The molecule has 0 spiro atoms. The molecule has 27 heavy (non-hydrogen) atoms. The summed E-state index contributed by atoms with van der Waals surface area (Å²) >= 11 is 0. The van der Waals surface area contributed by atoms with Gasteiger partial charge in [0.15, 0.2) is 5.96 Å². The largest absolute Gasteiger partial charge is 0.356 e. The number of guanidine groups is 1. The standard InChI is InChI=1S/C21H34FN5/c1-23-20(24-11-5-13-27-14-6-12-26(2)15-16-27)25-17-21(9-10-21)18-7-3-4-8-19(18)22/h3-4,7-8H,5-6,9-17H2,1-2H3,(H2,23,24,25). The van der Waals surface area contributed by atoms with Crippen LogP contribution in [0.15, 0.2) is 29.3 Å². The summed E-state index contributed by atoms with van der Waals surface area (Å²) in [6, 6.07) is 7.15. The van der Waals surface area contributed by atoms with Crippen molar-refractivity contribution in [2.45, 2.75) is 31.1 Å². The lowest BCUT2D eigenvalue weighted by molar-refractivity contribution is 0.274. The minimum Gasteiger partial charge on any atom is -0.356 e. The zero-order valence-electron chi connectivity index (χ0n) is 16.8. The van der Waals surface area contributed by atoms with E-state index in [4.69, 9.17) is 0 Å². The summed E-state index contributed by atoms with van der Waals surface area (Å²) in [4.78, 5) is 9.29. The Morgan fingerprint density at radius 3 is 2.70 bits per heavy atom. The third-order valence-electron chi connectivity index (χ3n) is 5.87. The molecule has 2 aliphatic rings. The van der Waals surface area contributed by atoms with E-state index in [-0.39, 0.29) is 11.2 Å². The number of nitrogens with one attached hydrogen (secondary N) is 2. The van der Waals surface area contributed by atoms with Crippen LogP contribution >= 0.6 is 0 Å². The average Bonchev–Trinajstić information content (AvgIpc) is 3.48. The summed E-state index contributed by atoms with van der Waals surface area (Å²) in [7, 11) is 4.00. The van der Waals surface area contributed by atoms with Crippen LogP contribution in [0.4, 0.5) is 4.39 Å². The van der Waals surface area contributed by atoms with Gasteiger partial charge in [-0.25, -0.2) is 4.39 Å². The van der Waals surface area contributed by atoms with Gasteiger partial charge in [0.1, 0.15) is 5.82 Å². The molecule has 2 N–H and O–H groups in total. The first-order chi connectivity index (χ1) is 13.1. The van der Waals surface area contributed by atoms with Crippen molar-refractivity contribution in [1.82, 2.24) is 20.4 Å². The quantitative estimate of drug-likeness (QED) is 0.435. The van der Waals surface area contributed by atoms with Crippen LogP contribution in [0, 0.1) is 5.82 Å². The Balaban J connectivity index is 1.38. The Labute approximate surface area is 163 Å². The smallest absolute Gasteiger partial charge is 0.191 e. The Hall–Kier alpha value is -1.66. The lowest BCUT2D eigenvalue weighted by Crippen LogP contribution is -2.42. The fraction of sp³-hybridized carbons (Fsp3) is 0.667. The van der Waals surface area contributed by atoms with E-state index in [9.17, 15) is 4.39 Å². The Kier molecular flexibility index (Phi) is 7.07. The molecule has 0 aromatic heterocycles. The van der Waals surface area contributed by atoms with Gasteiger partial charge < -0.3 is 20.4 Å². The molecule has 150 valence electrons. The molecule has 0 bridgehead atoms. The lowest BCUT2D eigenvalue weighted by Gasteiger charge is -2.21. The Morgan fingerprint density at radius 2 is 1.96 bits per heavy atom. The zero-order chi connectivity index (χ0) is 19.1. The van der Waals surface area contributed by atoms with E-state index in [2.05, 4.69) is 32.5 Å². The number of nitrogens with zero attached hydrogens (tertiary/aromatic N) is 3. The van der Waals surface area contributed by atoms with E-state index in [1.165, 1.54) is 19.5 Å². The third kappa shape index (κ3) is 5.66. The van der Waals surface area contributed by atoms with Gasteiger partial charge in [0.2, 0.25) is 0 Å². The minimum absolute atomic E-state index is 0.0684. The van der Waals surface area contributed by atoms with Gasteiger partial charge in [-0.2, -0.15) is 0 Å². The van der Waals surface area contributed by atoms with E-state index in [1.54, 1.807) is 19.2 Å². The highest BCUT2D eigenvalue weighted by Gasteiger charge is 2.45. The van der Waals surface area contributed by atoms with Gasteiger partial charge in [0.05, 0.1) is 0 Å². The predicted octanol–water partition coefficient (Wildman–Crippen LogP) is 2.05. The van der Waals surface area contributed by atoms with Crippen molar-refractivity contribution >= 4 is 5.96 Å². The minimum atomic E-state index is -0.0946. The molecule has 1 aliphatic heterocycles. The van der Waals surface area contributed by atoms with Crippen LogP contribution in [0.25, 0.3) is 0 Å². The van der Waals surface area contributed by atoms with Crippen LogP contribution in [0.3, 0.4) is 0 Å². The summed E-state index contributed by atoms with van der Waals surface area (Å²) < 4.78 is 14.1. The molecule has 5 nitrogen and oxygen atoms in total. The van der Waals surface area contributed by atoms with Gasteiger partial charge in [-0.15, -0.1) is 0 Å². The maximum Gasteiger partial charge on any atom is 0.191 e. The van der Waals surface area contributed by atoms with E-state index in [0.29, 0.717) is 0 Å². The summed E-state index contributed by atoms with van der Waals surface area (Å²) in [5, 5.41) is 6.81. The normalized spacial score (nSPS) is 20.9. The van der Waals surface area contributed by atoms with Gasteiger partial charge in [0.25, 0.3) is 0 Å². The monoisotopic (exact) mass is 375 g/mol. The zero-order valence-corrected chi connectivity index (χ0v) is 16.8. The van der Waals surface area contributed by atoms with E-state index >= 15 is 0 Å². The van der Waals surface area contributed by atoms with Crippen molar-refractivity contribution in [3.05, 3.63) is 35.6 Å². The lowest BCUT2D eigenvalue weighted by atomic mass is 9.95. The molecule has 3 rings (SSSR count). The molecule has 2 fully saturated rings. The second kappa shape index (κ2) is 9.51. The summed E-state index contributed by atoms with van der Waals surface area (Å²) in [6.45, 7) is 7.47. The molecule has 6 heteroatoms. The summed E-state index contributed by atoms with van der Waals surface area (Å²) in [5.41, 5.74) is 0.764. The maximum atomic E-state index is 14.1. The van der Waals surface area contributed by atoms with Crippen molar-refractivity contribution in [1.29, 1.82) is 0 Å². The third-order valence-corrected chi connectivity index (χ3v) is 5.87. The molecule has 1 saturated carbocycles. The van der Waals surface area contributed by atoms with Crippen LogP contribution in [0.5, 0.6) is 0 Å². The molecule has 0 amide bonds. The number of hydrogen-bond acceptors (Lipinski definition) is 3. The van der Waals surface area contributed by atoms with E-state index < -0.39 is 0 Å². The number of halogens is 1. The van der Waals surface area contributed by atoms with Crippen molar-refractivity contribution in [3.63, 3.8) is 0 Å². The number of benzene rings is 1. The number of aliphatic imine (C=N–C) groups is 1. The average molecular weight is 376 g/mol. The van der Waals surface area contributed by atoms with Crippen molar-refractivity contribution < 1.29 is 4.39 Å². The van der Waals surface area contributed by atoms with Gasteiger partial charge in [-0.3, -0.25) is 4.99 Å². The molecule has 1 aromatic rings. The Morgan fingerprint density at radius 1 is 1.15 bits per heavy atom. The second-order valence-electron chi connectivity index (χ2n) is 7.96. The molecule has 1 aromatic carbocycles. The molecule has 1 heterocycles. The van der Waals surface area contributed by atoms with Crippen LogP contribution in [-0.2, 0) is 5.41 Å². The fourth-order valence-electron chi connectivity index (χ4n) is 3.89. The van der Waals surface area contributed by atoms with Crippen LogP contribution in [-0.4, -0.2) is 75.7 Å². The topological polar surface area (TPSA) is 42.9 Å². The highest BCUT2D eigenvalue weighted by molar-refractivity contribution is 5.79. The van der Waals surface area contributed by atoms with E-state index in [1.807, 2.05) is 12.1 Å². The molecule has 0 atom stereocenters. The molecular formula is C21H34FN5. The first kappa shape index (κ1) is 20.1. The second-order valence-corrected chi connectivity index (χ2v) is 7.96. The fourth-order valence-corrected chi connectivity index (χ4v) is 3.89. The van der Waals surface area contributed by atoms with Crippen LogP contribution < -0.4 is 10.6 Å². The molecule has 0 radical (unpaired) electrons. The van der Waals surface area contributed by atoms with Gasteiger partial charge in [-0.1, -0.05) is 18.2 Å².